The van der Waals surface area contributed by atoms with E-state index in [1.54, 1.807) is 0 Å². The lowest BCUT2D eigenvalue weighted by atomic mass is 9.86. The number of rotatable bonds is 7. The van der Waals surface area contributed by atoms with E-state index in [0.717, 1.165) is 17.6 Å². The molecule has 1 aliphatic carbocycles. The molecule has 0 amide bonds. The van der Waals surface area contributed by atoms with Crippen LogP contribution in [0.1, 0.15) is 46.5 Å². The summed E-state index contributed by atoms with van der Waals surface area (Å²) in [5, 5.41) is 13.7. The van der Waals surface area contributed by atoms with E-state index >= 15 is 0 Å². The van der Waals surface area contributed by atoms with Crippen molar-refractivity contribution in [1.29, 1.82) is 0 Å². The number of hydrogen-bond acceptors (Lipinski definition) is 3. The molecule has 1 fully saturated rings. The first kappa shape index (κ1) is 15.3. The third-order valence-corrected chi connectivity index (χ3v) is 6.06. The first-order valence-corrected chi connectivity index (χ1v) is 8.02. The van der Waals surface area contributed by atoms with Crippen molar-refractivity contribution in [3.8, 4) is 0 Å². The number of hydrogen-bond donors (Lipinski definition) is 2. The van der Waals surface area contributed by atoms with Gasteiger partial charge in [-0.15, -0.1) is 0 Å². The average Bonchev–Trinajstić information content (AvgIpc) is 2.72. The van der Waals surface area contributed by atoms with Gasteiger partial charge in [-0.2, -0.15) is 11.8 Å². The van der Waals surface area contributed by atoms with Crippen molar-refractivity contribution in [1.82, 2.24) is 5.32 Å². The van der Waals surface area contributed by atoms with Crippen LogP contribution in [0.5, 0.6) is 0 Å². The maximum Gasteiger partial charge on any atom is 0.0615 e. The Morgan fingerprint density at radius 1 is 1.41 bits per heavy atom. The SMILES string of the molecule is CNC1(CO)CCCC1CCSC(C)C(C)C. The van der Waals surface area contributed by atoms with Crippen LogP contribution in [-0.2, 0) is 0 Å². The molecule has 1 rings (SSSR count). The molecule has 102 valence electrons. The number of thioether (sulfide) groups is 1. The standard InChI is InChI=1S/C14H29NOS/c1-11(2)12(3)17-9-7-13-6-5-8-14(13,10-16)15-4/h11-13,15-16H,5-10H2,1-4H3. The molecule has 0 saturated heterocycles. The van der Waals surface area contributed by atoms with E-state index in [2.05, 4.69) is 37.8 Å². The van der Waals surface area contributed by atoms with Gasteiger partial charge in [0, 0.05) is 10.8 Å². The molecule has 1 saturated carbocycles. The molecule has 1 aliphatic rings. The number of likely N-dealkylation sites (N-methyl/N-ethyl adjacent to an activating group) is 1. The largest absolute Gasteiger partial charge is 0.394 e. The fourth-order valence-electron chi connectivity index (χ4n) is 2.77. The predicted octanol–water partition coefficient (Wildman–Crippen LogP) is 2.90. The van der Waals surface area contributed by atoms with Gasteiger partial charge in [-0.05, 0) is 43.9 Å². The van der Waals surface area contributed by atoms with E-state index in [9.17, 15) is 5.11 Å². The minimum Gasteiger partial charge on any atom is -0.394 e. The smallest absolute Gasteiger partial charge is 0.0615 e. The van der Waals surface area contributed by atoms with Gasteiger partial charge in [0.1, 0.15) is 0 Å². The Bertz CT molecular complexity index is 216. The molecule has 0 spiro atoms. The molecule has 0 heterocycles. The number of aliphatic hydroxyl groups excluding tert-OH is 1. The van der Waals surface area contributed by atoms with Crippen LogP contribution >= 0.6 is 11.8 Å². The molecule has 2 N–H and O–H groups in total. The highest BCUT2D eigenvalue weighted by Gasteiger charge is 2.40. The molecule has 0 radical (unpaired) electrons. The van der Waals surface area contributed by atoms with Crippen molar-refractivity contribution in [3.05, 3.63) is 0 Å². The van der Waals surface area contributed by atoms with Crippen LogP contribution in [0.15, 0.2) is 0 Å². The summed E-state index contributed by atoms with van der Waals surface area (Å²) in [6.45, 7) is 7.19. The molecule has 3 unspecified atom stereocenters. The minimum atomic E-state index is 0.0155. The van der Waals surface area contributed by atoms with Crippen LogP contribution in [0.3, 0.4) is 0 Å². The zero-order chi connectivity index (χ0) is 12.9. The zero-order valence-electron chi connectivity index (χ0n) is 11.8. The van der Waals surface area contributed by atoms with E-state index in [0.29, 0.717) is 12.5 Å². The summed E-state index contributed by atoms with van der Waals surface area (Å²) in [5.41, 5.74) is 0.0155. The minimum absolute atomic E-state index is 0.0155. The van der Waals surface area contributed by atoms with Crippen LogP contribution in [0.4, 0.5) is 0 Å². The Labute approximate surface area is 111 Å². The fourth-order valence-corrected chi connectivity index (χ4v) is 3.95. The van der Waals surface area contributed by atoms with Gasteiger partial charge < -0.3 is 10.4 Å². The predicted molar refractivity (Wildman–Crippen MR) is 77.6 cm³/mol. The second-order valence-corrected chi connectivity index (χ2v) is 7.25. The number of nitrogens with one attached hydrogen (secondary N) is 1. The fraction of sp³-hybridized carbons (Fsp3) is 1.00. The molecule has 3 heteroatoms. The third-order valence-electron chi connectivity index (χ3n) is 4.52. The van der Waals surface area contributed by atoms with Gasteiger partial charge in [0.2, 0.25) is 0 Å². The lowest BCUT2D eigenvalue weighted by Crippen LogP contribution is -2.49. The van der Waals surface area contributed by atoms with Crippen molar-refractivity contribution in [3.63, 3.8) is 0 Å². The quantitative estimate of drug-likeness (QED) is 0.737. The van der Waals surface area contributed by atoms with E-state index in [1.165, 1.54) is 25.0 Å². The van der Waals surface area contributed by atoms with E-state index in [1.807, 2.05) is 7.05 Å². The first-order valence-electron chi connectivity index (χ1n) is 6.97. The second kappa shape index (κ2) is 7.01. The van der Waals surface area contributed by atoms with Crippen molar-refractivity contribution in [2.24, 2.45) is 11.8 Å². The van der Waals surface area contributed by atoms with Gasteiger partial charge in [0.25, 0.3) is 0 Å². The molecule has 0 aromatic carbocycles. The highest BCUT2D eigenvalue weighted by atomic mass is 32.2. The number of aliphatic hydroxyl groups is 1. The Kier molecular flexibility index (Phi) is 6.32. The van der Waals surface area contributed by atoms with Gasteiger partial charge in [0.15, 0.2) is 0 Å². The lowest BCUT2D eigenvalue weighted by Gasteiger charge is -2.34. The van der Waals surface area contributed by atoms with Crippen molar-refractivity contribution in [2.75, 3.05) is 19.4 Å². The van der Waals surface area contributed by atoms with Gasteiger partial charge >= 0.3 is 0 Å². The van der Waals surface area contributed by atoms with Crippen LogP contribution in [0, 0.1) is 11.8 Å². The zero-order valence-corrected chi connectivity index (χ0v) is 12.6. The molecule has 0 aliphatic heterocycles. The van der Waals surface area contributed by atoms with Crippen molar-refractivity contribution >= 4 is 11.8 Å². The van der Waals surface area contributed by atoms with Crippen molar-refractivity contribution in [2.45, 2.75) is 57.2 Å². The van der Waals surface area contributed by atoms with Gasteiger partial charge in [-0.1, -0.05) is 27.2 Å². The lowest BCUT2D eigenvalue weighted by molar-refractivity contribution is 0.130. The molecule has 2 nitrogen and oxygen atoms in total. The van der Waals surface area contributed by atoms with E-state index in [4.69, 9.17) is 0 Å². The Morgan fingerprint density at radius 3 is 2.65 bits per heavy atom. The summed E-state index contributed by atoms with van der Waals surface area (Å²) in [4.78, 5) is 0. The summed E-state index contributed by atoms with van der Waals surface area (Å²) in [6.07, 6.45) is 4.91. The van der Waals surface area contributed by atoms with Crippen molar-refractivity contribution < 1.29 is 5.11 Å². The van der Waals surface area contributed by atoms with Crippen LogP contribution in [-0.4, -0.2) is 35.3 Å². The van der Waals surface area contributed by atoms with Crippen LogP contribution < -0.4 is 5.32 Å². The highest BCUT2D eigenvalue weighted by Crippen LogP contribution is 2.38. The molecular weight excluding hydrogens is 230 g/mol. The molecular formula is C14H29NOS. The van der Waals surface area contributed by atoms with Crippen LogP contribution in [0.25, 0.3) is 0 Å². The normalized spacial score (nSPS) is 31.1. The maximum atomic E-state index is 9.61. The van der Waals surface area contributed by atoms with Gasteiger partial charge in [-0.3, -0.25) is 0 Å². The molecule has 0 aromatic heterocycles. The topological polar surface area (TPSA) is 32.3 Å². The summed E-state index contributed by atoms with van der Waals surface area (Å²) in [5.74, 6) is 2.65. The maximum absolute atomic E-state index is 9.61. The van der Waals surface area contributed by atoms with E-state index in [-0.39, 0.29) is 5.54 Å². The third kappa shape index (κ3) is 3.87. The second-order valence-electron chi connectivity index (χ2n) is 5.76. The average molecular weight is 259 g/mol. The molecule has 17 heavy (non-hydrogen) atoms. The summed E-state index contributed by atoms with van der Waals surface area (Å²) >= 11 is 2.08. The molecule has 3 atom stereocenters. The van der Waals surface area contributed by atoms with Gasteiger partial charge in [-0.25, -0.2) is 0 Å². The van der Waals surface area contributed by atoms with Crippen LogP contribution in [0.2, 0.25) is 0 Å². The Balaban J connectivity index is 2.36. The van der Waals surface area contributed by atoms with E-state index < -0.39 is 0 Å². The Morgan fingerprint density at radius 2 is 2.12 bits per heavy atom. The highest BCUT2D eigenvalue weighted by molar-refractivity contribution is 7.99. The van der Waals surface area contributed by atoms with Gasteiger partial charge in [0.05, 0.1) is 6.61 Å². The Hall–Kier alpha value is 0.270. The summed E-state index contributed by atoms with van der Waals surface area (Å²) in [7, 11) is 2.00. The monoisotopic (exact) mass is 259 g/mol. The molecule has 0 aromatic rings. The summed E-state index contributed by atoms with van der Waals surface area (Å²) < 4.78 is 0. The summed E-state index contributed by atoms with van der Waals surface area (Å²) in [6, 6.07) is 0. The first-order chi connectivity index (χ1) is 8.05. The molecule has 0 bridgehead atoms.